The van der Waals surface area contributed by atoms with Gasteiger partial charge in [-0.3, -0.25) is 14.8 Å². The number of halogens is 1. The minimum absolute atomic E-state index is 0.000659. The third-order valence-electron chi connectivity index (χ3n) is 3.98. The molecule has 0 radical (unpaired) electrons. The Bertz CT molecular complexity index is 1120. The molecule has 3 aromatic heterocycles. The fourth-order valence-electron chi connectivity index (χ4n) is 2.58. The molecule has 0 saturated heterocycles. The summed E-state index contributed by atoms with van der Waals surface area (Å²) in [6, 6.07) is 18.4. The summed E-state index contributed by atoms with van der Waals surface area (Å²) < 4.78 is 0.930. The molecule has 0 aliphatic carbocycles. The van der Waals surface area contributed by atoms with Crippen LogP contribution in [-0.2, 0) is 0 Å². The van der Waals surface area contributed by atoms with Crippen LogP contribution in [0.15, 0.2) is 82.7 Å². The number of carbonyl (C=O) groups is 1. The average molecular weight is 464 g/mol. The van der Waals surface area contributed by atoms with E-state index in [1.807, 2.05) is 48.5 Å². The van der Waals surface area contributed by atoms with Gasteiger partial charge in [0.15, 0.2) is 5.78 Å². The zero-order valence-electron chi connectivity index (χ0n) is 15.1. The molecule has 4 rings (SSSR count). The first-order valence-corrected chi connectivity index (χ1v) is 10.5. The number of carbonyl (C=O) groups excluding carboxylic acids is 1. The summed E-state index contributed by atoms with van der Waals surface area (Å²) >= 11 is 4.62. The summed E-state index contributed by atoms with van der Waals surface area (Å²) in [4.78, 5) is 25.8. The molecular formula is C21H14BrN5OS. The van der Waals surface area contributed by atoms with Crippen LogP contribution in [0.3, 0.4) is 0 Å². The van der Waals surface area contributed by atoms with Crippen molar-refractivity contribution in [3.05, 3.63) is 83.1 Å². The van der Waals surface area contributed by atoms with E-state index in [9.17, 15) is 4.79 Å². The van der Waals surface area contributed by atoms with E-state index in [-0.39, 0.29) is 11.5 Å². The van der Waals surface area contributed by atoms with Crippen molar-refractivity contribution in [3.63, 3.8) is 0 Å². The van der Waals surface area contributed by atoms with Crippen LogP contribution in [0.25, 0.3) is 22.8 Å². The maximum Gasteiger partial charge on any atom is 0.210 e. The topological polar surface area (TPSA) is 81.5 Å². The van der Waals surface area contributed by atoms with E-state index >= 15 is 0 Å². The van der Waals surface area contributed by atoms with Gasteiger partial charge >= 0.3 is 0 Å². The SMILES string of the molecule is O=C(CSc1nnc(-c2ccccn2)c(-c2ccccn2)n1)c1ccc(Br)cc1. The Morgan fingerprint density at radius 2 is 1.48 bits per heavy atom. The molecule has 0 fully saturated rings. The third-order valence-corrected chi connectivity index (χ3v) is 5.35. The molecule has 0 bridgehead atoms. The van der Waals surface area contributed by atoms with Crippen LogP contribution >= 0.6 is 27.7 Å². The molecule has 4 aromatic rings. The number of thioether (sulfide) groups is 1. The van der Waals surface area contributed by atoms with Crippen LogP contribution in [0.4, 0.5) is 0 Å². The van der Waals surface area contributed by atoms with Gasteiger partial charge in [-0.15, -0.1) is 10.2 Å². The number of pyridine rings is 2. The molecule has 0 saturated carbocycles. The average Bonchev–Trinajstić information content (AvgIpc) is 2.79. The number of ketones is 1. The first kappa shape index (κ1) is 19.4. The smallest absolute Gasteiger partial charge is 0.210 e. The lowest BCUT2D eigenvalue weighted by atomic mass is 10.1. The first-order valence-electron chi connectivity index (χ1n) is 8.70. The molecule has 3 heterocycles. The zero-order chi connectivity index (χ0) is 20.1. The lowest BCUT2D eigenvalue weighted by molar-refractivity contribution is 0.102. The first-order chi connectivity index (χ1) is 14.2. The largest absolute Gasteiger partial charge is 0.293 e. The van der Waals surface area contributed by atoms with Crippen LogP contribution in [-0.4, -0.2) is 36.7 Å². The highest BCUT2D eigenvalue weighted by Crippen LogP contribution is 2.27. The molecule has 0 amide bonds. The molecule has 29 heavy (non-hydrogen) atoms. The van der Waals surface area contributed by atoms with Crippen molar-refractivity contribution in [1.29, 1.82) is 0 Å². The zero-order valence-corrected chi connectivity index (χ0v) is 17.5. The van der Waals surface area contributed by atoms with E-state index in [4.69, 9.17) is 0 Å². The molecule has 0 spiro atoms. The molecule has 0 aliphatic heterocycles. The van der Waals surface area contributed by atoms with Crippen molar-refractivity contribution >= 4 is 33.5 Å². The molecule has 8 heteroatoms. The monoisotopic (exact) mass is 463 g/mol. The fourth-order valence-corrected chi connectivity index (χ4v) is 3.52. The van der Waals surface area contributed by atoms with E-state index in [0.717, 1.165) is 4.47 Å². The number of benzene rings is 1. The van der Waals surface area contributed by atoms with Crippen molar-refractivity contribution in [3.8, 4) is 22.8 Å². The van der Waals surface area contributed by atoms with Gasteiger partial charge in [0.2, 0.25) is 5.16 Å². The van der Waals surface area contributed by atoms with E-state index in [0.29, 0.717) is 33.5 Å². The van der Waals surface area contributed by atoms with Gasteiger partial charge in [-0.1, -0.05) is 52.0 Å². The molecular weight excluding hydrogens is 450 g/mol. The molecule has 0 unspecified atom stereocenters. The second-order valence-corrected chi connectivity index (χ2v) is 7.80. The van der Waals surface area contributed by atoms with Crippen LogP contribution < -0.4 is 0 Å². The van der Waals surface area contributed by atoms with E-state index < -0.39 is 0 Å². The molecule has 0 N–H and O–H groups in total. The van der Waals surface area contributed by atoms with E-state index in [1.54, 1.807) is 24.5 Å². The van der Waals surface area contributed by atoms with Gasteiger partial charge in [0, 0.05) is 22.4 Å². The Hall–Kier alpha value is -2.97. The van der Waals surface area contributed by atoms with Crippen molar-refractivity contribution in [1.82, 2.24) is 25.1 Å². The maximum atomic E-state index is 12.4. The third kappa shape index (κ3) is 4.72. The summed E-state index contributed by atoms with van der Waals surface area (Å²) in [6.07, 6.45) is 3.39. The second-order valence-electron chi connectivity index (χ2n) is 5.94. The number of Topliss-reactive ketones (excluding diaryl/α,β-unsaturated/α-hetero) is 1. The Balaban J connectivity index is 1.62. The summed E-state index contributed by atoms with van der Waals surface area (Å²) in [7, 11) is 0. The van der Waals surface area contributed by atoms with Gasteiger partial charge in [0.25, 0.3) is 0 Å². The number of hydrogen-bond donors (Lipinski definition) is 0. The van der Waals surface area contributed by atoms with E-state index in [2.05, 4.69) is 41.1 Å². The number of hydrogen-bond acceptors (Lipinski definition) is 7. The van der Waals surface area contributed by atoms with Crippen LogP contribution in [0, 0.1) is 0 Å². The van der Waals surface area contributed by atoms with Crippen molar-refractivity contribution in [2.24, 2.45) is 0 Å². The number of nitrogens with zero attached hydrogens (tertiary/aromatic N) is 5. The van der Waals surface area contributed by atoms with Crippen molar-refractivity contribution in [2.75, 3.05) is 5.75 Å². The van der Waals surface area contributed by atoms with Gasteiger partial charge < -0.3 is 0 Å². The lowest BCUT2D eigenvalue weighted by Gasteiger charge is -2.08. The number of aromatic nitrogens is 5. The molecule has 6 nitrogen and oxygen atoms in total. The maximum absolute atomic E-state index is 12.4. The molecule has 142 valence electrons. The van der Waals surface area contributed by atoms with Crippen molar-refractivity contribution < 1.29 is 4.79 Å². The number of rotatable bonds is 6. The summed E-state index contributed by atoms with van der Waals surface area (Å²) in [5.74, 6) is 0.216. The summed E-state index contributed by atoms with van der Waals surface area (Å²) in [5.41, 5.74) is 3.11. The van der Waals surface area contributed by atoms with Gasteiger partial charge in [0.1, 0.15) is 11.4 Å². The Morgan fingerprint density at radius 3 is 2.10 bits per heavy atom. The normalized spacial score (nSPS) is 10.7. The summed E-state index contributed by atoms with van der Waals surface area (Å²) in [6.45, 7) is 0. The predicted octanol–water partition coefficient (Wildman–Crippen LogP) is 4.73. The molecule has 0 atom stereocenters. The Labute approximate surface area is 180 Å². The standard InChI is InChI=1S/C21H14BrN5OS/c22-15-9-7-14(8-10-15)18(28)13-29-21-25-19(16-5-1-3-11-23-16)20(26-27-21)17-6-2-4-12-24-17/h1-12H,13H2. The van der Waals surface area contributed by atoms with Crippen LogP contribution in [0.5, 0.6) is 0 Å². The minimum atomic E-state index is -0.000659. The molecule has 0 aliphatic rings. The van der Waals surface area contributed by atoms with Gasteiger partial charge in [0.05, 0.1) is 17.1 Å². The van der Waals surface area contributed by atoms with Crippen molar-refractivity contribution in [2.45, 2.75) is 5.16 Å². The Morgan fingerprint density at radius 1 is 0.828 bits per heavy atom. The lowest BCUT2D eigenvalue weighted by Crippen LogP contribution is -2.05. The second kappa shape index (κ2) is 9.02. The Kier molecular flexibility index (Phi) is 6.02. The van der Waals surface area contributed by atoms with Crippen LogP contribution in [0.2, 0.25) is 0 Å². The highest BCUT2D eigenvalue weighted by atomic mass is 79.9. The highest BCUT2D eigenvalue weighted by Gasteiger charge is 2.16. The van der Waals surface area contributed by atoms with Gasteiger partial charge in [-0.05, 0) is 36.4 Å². The fraction of sp³-hybridized carbons (Fsp3) is 0.0476. The van der Waals surface area contributed by atoms with Gasteiger partial charge in [-0.2, -0.15) is 0 Å². The highest BCUT2D eigenvalue weighted by molar-refractivity contribution is 9.10. The predicted molar refractivity (Wildman–Crippen MR) is 115 cm³/mol. The van der Waals surface area contributed by atoms with E-state index in [1.165, 1.54) is 11.8 Å². The quantitative estimate of drug-likeness (QED) is 0.301. The minimum Gasteiger partial charge on any atom is -0.293 e. The summed E-state index contributed by atoms with van der Waals surface area (Å²) in [5, 5.41) is 8.94. The van der Waals surface area contributed by atoms with Gasteiger partial charge in [-0.25, -0.2) is 4.98 Å². The van der Waals surface area contributed by atoms with Crippen LogP contribution in [0.1, 0.15) is 10.4 Å². The molecule has 1 aromatic carbocycles.